The zero-order chi connectivity index (χ0) is 12.3. The lowest BCUT2D eigenvalue weighted by molar-refractivity contribution is -0.137. The average molecular weight is 228 g/mol. The van der Waals surface area contributed by atoms with Crippen molar-refractivity contribution in [3.63, 3.8) is 0 Å². The molecule has 2 aromatic rings. The molecule has 1 N–H and O–H groups in total. The summed E-state index contributed by atoms with van der Waals surface area (Å²) in [6.07, 6.45) is 2.71. The quantitative estimate of drug-likeness (QED) is 0.873. The van der Waals surface area contributed by atoms with Crippen LogP contribution in [0.4, 0.5) is 0 Å². The van der Waals surface area contributed by atoms with Crippen molar-refractivity contribution >= 4 is 16.9 Å². The van der Waals surface area contributed by atoms with Crippen LogP contribution in [-0.2, 0) is 11.3 Å². The molecule has 0 aliphatic rings. The smallest absolute Gasteiger partial charge is 0.303 e. The molecule has 86 valence electrons. The molecule has 0 amide bonds. The van der Waals surface area contributed by atoms with E-state index in [1.54, 1.807) is 6.07 Å². The predicted octanol–water partition coefficient (Wildman–Crippen LogP) is 2.38. The predicted molar refractivity (Wildman–Crippen MR) is 63.5 cm³/mol. The molecule has 0 saturated carbocycles. The molecule has 0 saturated heterocycles. The zero-order valence-corrected chi connectivity index (χ0v) is 9.26. The van der Waals surface area contributed by atoms with Crippen molar-refractivity contribution in [2.75, 3.05) is 0 Å². The Balaban J connectivity index is 2.19. The Morgan fingerprint density at radius 3 is 2.94 bits per heavy atom. The fourth-order valence-electron chi connectivity index (χ4n) is 1.87. The lowest BCUT2D eigenvalue weighted by Crippen LogP contribution is -2.00. The van der Waals surface area contributed by atoms with Gasteiger partial charge in [0.05, 0.1) is 11.6 Å². The van der Waals surface area contributed by atoms with Crippen molar-refractivity contribution in [1.82, 2.24) is 4.57 Å². The minimum Gasteiger partial charge on any atom is -0.481 e. The van der Waals surface area contributed by atoms with Gasteiger partial charge in [-0.3, -0.25) is 4.79 Å². The number of aryl methyl sites for hydroxylation is 1. The van der Waals surface area contributed by atoms with Crippen LogP contribution in [0.2, 0.25) is 0 Å². The summed E-state index contributed by atoms with van der Waals surface area (Å²) in [5.41, 5.74) is 1.68. The highest BCUT2D eigenvalue weighted by Gasteiger charge is 2.03. The van der Waals surface area contributed by atoms with Crippen LogP contribution in [0.3, 0.4) is 0 Å². The first-order chi connectivity index (χ1) is 8.20. The van der Waals surface area contributed by atoms with Crippen molar-refractivity contribution < 1.29 is 9.90 Å². The van der Waals surface area contributed by atoms with Crippen LogP contribution < -0.4 is 0 Å². The number of nitriles is 1. The number of rotatable bonds is 4. The largest absolute Gasteiger partial charge is 0.481 e. The number of hydrogen-bond donors (Lipinski definition) is 1. The number of aromatic nitrogens is 1. The van der Waals surface area contributed by atoms with Crippen molar-refractivity contribution in [2.45, 2.75) is 19.4 Å². The third-order valence-electron chi connectivity index (χ3n) is 2.69. The molecule has 17 heavy (non-hydrogen) atoms. The van der Waals surface area contributed by atoms with Gasteiger partial charge in [0.2, 0.25) is 0 Å². The van der Waals surface area contributed by atoms with E-state index in [2.05, 4.69) is 6.07 Å². The number of carboxylic acid groups (broad SMARTS) is 1. The highest BCUT2D eigenvalue weighted by Crippen LogP contribution is 2.18. The Bertz CT molecular complexity index is 593. The summed E-state index contributed by atoms with van der Waals surface area (Å²) in [5.74, 6) is -0.770. The van der Waals surface area contributed by atoms with E-state index >= 15 is 0 Å². The molecule has 2 rings (SSSR count). The Morgan fingerprint density at radius 1 is 1.41 bits per heavy atom. The highest BCUT2D eigenvalue weighted by atomic mass is 16.4. The molecule has 1 aromatic carbocycles. The van der Waals surface area contributed by atoms with Gasteiger partial charge >= 0.3 is 5.97 Å². The Hall–Kier alpha value is -2.28. The van der Waals surface area contributed by atoms with Gasteiger partial charge in [0.1, 0.15) is 0 Å². The van der Waals surface area contributed by atoms with E-state index < -0.39 is 5.97 Å². The fourth-order valence-corrected chi connectivity index (χ4v) is 1.87. The average Bonchev–Trinajstić information content (AvgIpc) is 2.71. The number of nitrogens with zero attached hydrogens (tertiary/aromatic N) is 2. The summed E-state index contributed by atoms with van der Waals surface area (Å²) in [4.78, 5) is 10.4. The molecule has 4 heteroatoms. The second-order valence-corrected chi connectivity index (χ2v) is 3.89. The molecule has 0 spiro atoms. The lowest BCUT2D eigenvalue weighted by atomic mass is 10.2. The number of aliphatic carboxylic acids is 1. The van der Waals surface area contributed by atoms with Gasteiger partial charge in [-0.05, 0) is 30.7 Å². The van der Waals surface area contributed by atoms with Gasteiger partial charge in [0.25, 0.3) is 0 Å². The first-order valence-corrected chi connectivity index (χ1v) is 5.41. The molecule has 0 fully saturated rings. The summed E-state index contributed by atoms with van der Waals surface area (Å²) >= 11 is 0. The normalized spacial score (nSPS) is 10.3. The zero-order valence-electron chi connectivity index (χ0n) is 9.26. The maximum absolute atomic E-state index is 10.4. The topological polar surface area (TPSA) is 66.0 Å². The summed E-state index contributed by atoms with van der Waals surface area (Å²) in [6.45, 7) is 0.682. The minimum atomic E-state index is -0.770. The second kappa shape index (κ2) is 4.71. The molecule has 0 bridgehead atoms. The van der Waals surface area contributed by atoms with Crippen molar-refractivity contribution in [2.24, 2.45) is 0 Å². The molecular weight excluding hydrogens is 216 g/mol. The third kappa shape index (κ3) is 2.45. The summed E-state index contributed by atoms with van der Waals surface area (Å²) in [6, 6.07) is 9.55. The van der Waals surface area contributed by atoms with E-state index in [4.69, 9.17) is 10.4 Å². The van der Waals surface area contributed by atoms with Crippen molar-refractivity contribution in [3.05, 3.63) is 36.0 Å². The van der Waals surface area contributed by atoms with Crippen LogP contribution >= 0.6 is 0 Å². The van der Waals surface area contributed by atoms with Gasteiger partial charge in [-0.1, -0.05) is 0 Å². The first kappa shape index (κ1) is 11.2. The molecule has 4 nitrogen and oxygen atoms in total. The first-order valence-electron chi connectivity index (χ1n) is 5.41. The minimum absolute atomic E-state index is 0.177. The summed E-state index contributed by atoms with van der Waals surface area (Å²) in [5, 5.41) is 18.4. The maximum Gasteiger partial charge on any atom is 0.303 e. The van der Waals surface area contributed by atoms with Crippen LogP contribution in [0.15, 0.2) is 30.5 Å². The van der Waals surface area contributed by atoms with E-state index in [0.717, 1.165) is 10.9 Å². The number of carboxylic acids is 1. The molecule has 1 heterocycles. The van der Waals surface area contributed by atoms with E-state index in [1.165, 1.54) is 0 Å². The monoisotopic (exact) mass is 228 g/mol. The van der Waals surface area contributed by atoms with Gasteiger partial charge in [-0.25, -0.2) is 0 Å². The van der Waals surface area contributed by atoms with Gasteiger partial charge in [-0.15, -0.1) is 0 Å². The molecular formula is C13H12N2O2. The van der Waals surface area contributed by atoms with E-state index in [1.807, 2.05) is 29.0 Å². The SMILES string of the molecule is N#Cc1ccc2c(ccn2CCCC(=O)O)c1. The second-order valence-electron chi connectivity index (χ2n) is 3.89. The van der Waals surface area contributed by atoms with E-state index in [0.29, 0.717) is 18.5 Å². The van der Waals surface area contributed by atoms with Crippen LogP contribution in [0, 0.1) is 11.3 Å². The van der Waals surface area contributed by atoms with E-state index in [-0.39, 0.29) is 6.42 Å². The molecule has 1 aromatic heterocycles. The molecule has 0 radical (unpaired) electrons. The number of carbonyl (C=O) groups is 1. The van der Waals surface area contributed by atoms with Crippen LogP contribution in [-0.4, -0.2) is 15.6 Å². The highest BCUT2D eigenvalue weighted by molar-refractivity contribution is 5.81. The molecule has 0 unspecified atom stereocenters. The number of hydrogen-bond acceptors (Lipinski definition) is 2. The van der Waals surface area contributed by atoms with E-state index in [9.17, 15) is 4.79 Å². The molecule has 0 aliphatic heterocycles. The van der Waals surface area contributed by atoms with Crippen LogP contribution in [0.25, 0.3) is 10.9 Å². The third-order valence-corrected chi connectivity index (χ3v) is 2.69. The van der Waals surface area contributed by atoms with Crippen molar-refractivity contribution in [1.29, 1.82) is 5.26 Å². The maximum atomic E-state index is 10.4. The van der Waals surface area contributed by atoms with Gasteiger partial charge in [-0.2, -0.15) is 5.26 Å². The van der Waals surface area contributed by atoms with Gasteiger partial charge in [0.15, 0.2) is 0 Å². The molecule has 0 atom stereocenters. The van der Waals surface area contributed by atoms with Crippen LogP contribution in [0.1, 0.15) is 18.4 Å². The fraction of sp³-hybridized carbons (Fsp3) is 0.231. The van der Waals surface area contributed by atoms with Crippen molar-refractivity contribution in [3.8, 4) is 6.07 Å². The number of benzene rings is 1. The van der Waals surface area contributed by atoms with Gasteiger partial charge in [0, 0.05) is 30.1 Å². The Morgan fingerprint density at radius 2 is 2.24 bits per heavy atom. The standard InChI is InChI=1S/C13H12N2O2/c14-9-10-3-4-12-11(8-10)5-7-15(12)6-1-2-13(16)17/h3-5,7-8H,1-2,6H2,(H,16,17). The Kier molecular flexibility index (Phi) is 3.10. The summed E-state index contributed by atoms with van der Waals surface area (Å²) in [7, 11) is 0. The molecule has 0 aliphatic carbocycles. The van der Waals surface area contributed by atoms with Gasteiger partial charge < -0.3 is 9.67 Å². The van der Waals surface area contributed by atoms with Crippen LogP contribution in [0.5, 0.6) is 0 Å². The Labute approximate surface area is 98.7 Å². The lowest BCUT2D eigenvalue weighted by Gasteiger charge is -2.03. The summed E-state index contributed by atoms with van der Waals surface area (Å²) < 4.78 is 2.01. The number of fused-ring (bicyclic) bond motifs is 1.